The first-order chi connectivity index (χ1) is 14.6. The quantitative estimate of drug-likeness (QED) is 0.190. The van der Waals surface area contributed by atoms with Gasteiger partial charge in [0.15, 0.2) is 0 Å². The number of aliphatic carboxylic acids is 1. The molecule has 1 aromatic heterocycles. The number of carboxylic acid groups (broad SMARTS) is 1. The topological polar surface area (TPSA) is 191 Å². The molecule has 1 aromatic rings. The molecule has 13 heteroatoms. The van der Waals surface area contributed by atoms with E-state index in [1.807, 2.05) is 0 Å². The smallest absolute Gasteiger partial charge is 0.326 e. The van der Waals surface area contributed by atoms with Crippen LogP contribution in [0.25, 0.3) is 0 Å². The van der Waals surface area contributed by atoms with E-state index < -0.39 is 54.0 Å². The van der Waals surface area contributed by atoms with Gasteiger partial charge < -0.3 is 36.5 Å². The SMILES string of the molecule is CC(O)C(NC(=O)C(Cc1cnc[nH]1)NC(=O)C(N)CS)C(=O)N1CCCC1C(=O)O. The van der Waals surface area contributed by atoms with Crippen LogP contribution in [0.5, 0.6) is 0 Å². The van der Waals surface area contributed by atoms with Crippen LogP contribution in [-0.2, 0) is 25.6 Å². The summed E-state index contributed by atoms with van der Waals surface area (Å²) in [6.45, 7) is 1.52. The van der Waals surface area contributed by atoms with Crippen LogP contribution >= 0.6 is 12.6 Å². The number of aromatic nitrogens is 2. The molecule has 1 fully saturated rings. The number of amides is 3. The molecule has 5 unspecified atom stereocenters. The Kier molecular flexibility index (Phi) is 8.83. The Bertz CT molecular complexity index is 789. The fraction of sp³-hybridized carbons (Fsp3) is 0.611. The van der Waals surface area contributed by atoms with E-state index in [1.165, 1.54) is 19.4 Å². The molecule has 0 saturated carbocycles. The molecule has 3 amide bonds. The minimum Gasteiger partial charge on any atom is -0.480 e. The Morgan fingerprint density at radius 2 is 2.06 bits per heavy atom. The maximum atomic E-state index is 12.9. The lowest BCUT2D eigenvalue weighted by Gasteiger charge is -2.30. The molecule has 0 spiro atoms. The molecule has 1 aliphatic rings. The summed E-state index contributed by atoms with van der Waals surface area (Å²) in [6.07, 6.45) is 2.41. The Balaban J connectivity index is 2.17. The van der Waals surface area contributed by atoms with E-state index in [4.69, 9.17) is 5.73 Å². The van der Waals surface area contributed by atoms with Crippen molar-refractivity contribution in [2.45, 2.75) is 56.5 Å². The number of likely N-dealkylation sites (tertiary alicyclic amines) is 1. The van der Waals surface area contributed by atoms with Gasteiger partial charge in [0.1, 0.15) is 18.1 Å². The summed E-state index contributed by atoms with van der Waals surface area (Å²) in [6, 6.07) is -4.47. The summed E-state index contributed by atoms with van der Waals surface area (Å²) in [4.78, 5) is 57.3. The van der Waals surface area contributed by atoms with Gasteiger partial charge in [-0.15, -0.1) is 0 Å². The molecule has 1 aliphatic heterocycles. The summed E-state index contributed by atoms with van der Waals surface area (Å²) < 4.78 is 0. The number of carbonyl (C=O) groups excluding carboxylic acids is 3. The predicted octanol–water partition coefficient (Wildman–Crippen LogP) is -2.36. The number of carboxylic acids is 1. The molecule has 12 nitrogen and oxygen atoms in total. The zero-order valence-corrected chi connectivity index (χ0v) is 17.9. The lowest BCUT2D eigenvalue weighted by atomic mass is 10.1. The summed E-state index contributed by atoms with van der Waals surface area (Å²) >= 11 is 3.97. The van der Waals surface area contributed by atoms with Gasteiger partial charge in [0.25, 0.3) is 0 Å². The van der Waals surface area contributed by atoms with Crippen LogP contribution in [0.1, 0.15) is 25.5 Å². The van der Waals surface area contributed by atoms with Crippen molar-refractivity contribution in [3.63, 3.8) is 0 Å². The number of nitrogens with two attached hydrogens (primary N) is 1. The molecule has 2 heterocycles. The normalized spacial score (nSPS) is 19.9. The zero-order chi connectivity index (χ0) is 23.1. The molecular formula is C18H28N6O6S. The highest BCUT2D eigenvalue weighted by molar-refractivity contribution is 7.80. The summed E-state index contributed by atoms with van der Waals surface area (Å²) in [7, 11) is 0. The number of nitrogens with zero attached hydrogens (tertiary/aromatic N) is 2. The second-order valence-corrected chi connectivity index (χ2v) is 7.75. The van der Waals surface area contributed by atoms with Crippen molar-refractivity contribution in [3.05, 3.63) is 18.2 Å². The van der Waals surface area contributed by atoms with Gasteiger partial charge in [0.05, 0.1) is 18.5 Å². The van der Waals surface area contributed by atoms with Crippen LogP contribution in [0.3, 0.4) is 0 Å². The number of carbonyl (C=O) groups is 4. The Labute approximate surface area is 184 Å². The molecule has 2 rings (SSSR count). The second kappa shape index (κ2) is 11.1. The van der Waals surface area contributed by atoms with Crippen LogP contribution in [0, 0.1) is 0 Å². The number of H-pyrrole nitrogens is 1. The highest BCUT2D eigenvalue weighted by atomic mass is 32.1. The summed E-state index contributed by atoms with van der Waals surface area (Å²) in [5.41, 5.74) is 6.21. The highest BCUT2D eigenvalue weighted by Gasteiger charge is 2.40. The van der Waals surface area contributed by atoms with Crippen molar-refractivity contribution in [1.82, 2.24) is 25.5 Å². The average molecular weight is 457 g/mol. The highest BCUT2D eigenvalue weighted by Crippen LogP contribution is 2.19. The van der Waals surface area contributed by atoms with Crippen LogP contribution in [-0.4, -0.2) is 91.3 Å². The number of thiol groups is 1. The Morgan fingerprint density at radius 3 is 2.61 bits per heavy atom. The number of aliphatic hydroxyl groups excluding tert-OH is 1. The Hall–Kier alpha value is -2.64. The molecule has 0 aromatic carbocycles. The van der Waals surface area contributed by atoms with E-state index >= 15 is 0 Å². The number of nitrogens with one attached hydrogen (secondary N) is 3. The minimum absolute atomic E-state index is 0.0268. The van der Waals surface area contributed by atoms with E-state index in [0.717, 1.165) is 4.90 Å². The van der Waals surface area contributed by atoms with Crippen LogP contribution in [0.2, 0.25) is 0 Å². The maximum absolute atomic E-state index is 12.9. The average Bonchev–Trinajstić information content (AvgIpc) is 3.41. The zero-order valence-electron chi connectivity index (χ0n) is 17.0. The van der Waals surface area contributed by atoms with Crippen molar-refractivity contribution < 1.29 is 29.4 Å². The summed E-state index contributed by atoms with van der Waals surface area (Å²) in [5.74, 6) is -3.14. The first-order valence-electron chi connectivity index (χ1n) is 9.81. The van der Waals surface area contributed by atoms with Gasteiger partial charge in [-0.25, -0.2) is 9.78 Å². The van der Waals surface area contributed by atoms with Crippen LogP contribution in [0.4, 0.5) is 0 Å². The number of imidazole rings is 1. The lowest BCUT2D eigenvalue weighted by molar-refractivity contribution is -0.150. The van der Waals surface area contributed by atoms with E-state index in [2.05, 4.69) is 33.2 Å². The summed E-state index contributed by atoms with van der Waals surface area (Å²) in [5, 5.41) is 24.4. The Morgan fingerprint density at radius 1 is 1.35 bits per heavy atom. The lowest BCUT2D eigenvalue weighted by Crippen LogP contribution is -2.60. The third-order valence-electron chi connectivity index (χ3n) is 5.01. The van der Waals surface area contributed by atoms with E-state index in [0.29, 0.717) is 18.5 Å². The molecule has 1 saturated heterocycles. The number of hydrogen-bond donors (Lipinski definition) is 7. The van der Waals surface area contributed by atoms with Gasteiger partial charge >= 0.3 is 5.97 Å². The number of aliphatic hydroxyl groups is 1. The van der Waals surface area contributed by atoms with E-state index in [1.54, 1.807) is 0 Å². The van der Waals surface area contributed by atoms with Crippen molar-refractivity contribution in [2.24, 2.45) is 5.73 Å². The molecule has 0 aliphatic carbocycles. The number of hydrogen-bond acceptors (Lipinski definition) is 8. The first-order valence-corrected chi connectivity index (χ1v) is 10.4. The molecular weight excluding hydrogens is 428 g/mol. The van der Waals surface area contributed by atoms with Crippen molar-refractivity contribution in [2.75, 3.05) is 12.3 Å². The number of rotatable bonds is 10. The first kappa shape index (κ1) is 24.6. The molecule has 5 atom stereocenters. The maximum Gasteiger partial charge on any atom is 0.326 e. The van der Waals surface area contributed by atoms with E-state index in [-0.39, 0.29) is 18.7 Å². The molecule has 31 heavy (non-hydrogen) atoms. The van der Waals surface area contributed by atoms with E-state index in [9.17, 15) is 29.4 Å². The third kappa shape index (κ3) is 6.42. The largest absolute Gasteiger partial charge is 0.480 e. The van der Waals surface area contributed by atoms with Gasteiger partial charge in [-0.05, 0) is 19.8 Å². The van der Waals surface area contributed by atoms with Gasteiger partial charge in [0.2, 0.25) is 17.7 Å². The third-order valence-corrected chi connectivity index (χ3v) is 5.41. The second-order valence-electron chi connectivity index (χ2n) is 7.39. The number of aromatic amines is 1. The van der Waals surface area contributed by atoms with Crippen LogP contribution in [0.15, 0.2) is 12.5 Å². The molecule has 172 valence electrons. The molecule has 7 N–H and O–H groups in total. The van der Waals surface area contributed by atoms with Gasteiger partial charge in [-0.3, -0.25) is 14.4 Å². The monoisotopic (exact) mass is 456 g/mol. The van der Waals surface area contributed by atoms with Gasteiger partial charge in [-0.2, -0.15) is 12.6 Å². The molecule has 0 bridgehead atoms. The van der Waals surface area contributed by atoms with Gasteiger partial charge in [-0.1, -0.05) is 0 Å². The minimum atomic E-state index is -1.38. The van der Waals surface area contributed by atoms with Gasteiger partial charge in [0, 0.05) is 30.6 Å². The standard InChI is InChI=1S/C18H28N6O6S/c1-9(25)14(17(28)24-4-2-3-13(24)18(29)30)23-16(27)12(5-10-6-20-8-21-10)22-15(26)11(19)7-31/h6,8-9,11-14,25,31H,2-5,7,19H2,1H3,(H,20,21)(H,22,26)(H,23,27)(H,29,30). The fourth-order valence-electron chi connectivity index (χ4n) is 3.30. The molecule has 0 radical (unpaired) electrons. The van der Waals surface area contributed by atoms with Crippen molar-refractivity contribution in [1.29, 1.82) is 0 Å². The van der Waals surface area contributed by atoms with Crippen molar-refractivity contribution >= 4 is 36.3 Å². The predicted molar refractivity (Wildman–Crippen MR) is 112 cm³/mol. The fourth-order valence-corrected chi connectivity index (χ4v) is 3.46. The van der Waals surface area contributed by atoms with Crippen molar-refractivity contribution in [3.8, 4) is 0 Å². The van der Waals surface area contributed by atoms with Crippen LogP contribution < -0.4 is 16.4 Å².